The number of nitrogens with one attached hydrogen (secondary N) is 1. The van der Waals surface area contributed by atoms with Gasteiger partial charge in [-0.3, -0.25) is 14.6 Å². The van der Waals surface area contributed by atoms with Gasteiger partial charge in [-0.25, -0.2) is 9.80 Å². The molecule has 0 aliphatic carbocycles. The summed E-state index contributed by atoms with van der Waals surface area (Å²) < 4.78 is 7.58. The molecule has 0 aliphatic rings. The molecule has 4 aromatic heterocycles. The maximum absolute atomic E-state index is 13.2. The van der Waals surface area contributed by atoms with Crippen molar-refractivity contribution in [3.63, 3.8) is 0 Å². The van der Waals surface area contributed by atoms with Gasteiger partial charge < -0.3 is 15.5 Å². The summed E-state index contributed by atoms with van der Waals surface area (Å²) in [6, 6.07) is 3.93. The summed E-state index contributed by atoms with van der Waals surface area (Å²) in [4.78, 5) is 24.9. The third-order valence-electron chi connectivity index (χ3n) is 5.11. The number of fused-ring (bicyclic) bond motifs is 2. The van der Waals surface area contributed by atoms with E-state index in [1.165, 1.54) is 0 Å². The van der Waals surface area contributed by atoms with E-state index in [4.69, 9.17) is 10.5 Å². The average molecular weight is 421 g/mol. The SMILES string of the molecule is CC(C)(C)OC(=O)N(CCc1c[nH]c2cnccc12)n1cc(CCN)c2ccncc21. The van der Waals surface area contributed by atoms with Crippen LogP contribution in [0.3, 0.4) is 0 Å². The molecular weight excluding hydrogens is 392 g/mol. The van der Waals surface area contributed by atoms with Gasteiger partial charge in [0, 0.05) is 35.6 Å². The first-order chi connectivity index (χ1) is 14.9. The number of rotatable bonds is 6. The van der Waals surface area contributed by atoms with Gasteiger partial charge in [0.15, 0.2) is 0 Å². The molecule has 4 aromatic rings. The summed E-state index contributed by atoms with van der Waals surface area (Å²) in [7, 11) is 0. The van der Waals surface area contributed by atoms with Crippen molar-refractivity contribution in [1.29, 1.82) is 0 Å². The molecule has 0 unspecified atom stereocenters. The van der Waals surface area contributed by atoms with E-state index in [1.807, 2.05) is 50.0 Å². The topological polar surface area (TPSA) is 102 Å². The Morgan fingerprint density at radius 1 is 1.13 bits per heavy atom. The van der Waals surface area contributed by atoms with Gasteiger partial charge >= 0.3 is 6.09 Å². The van der Waals surface area contributed by atoms with Crippen LogP contribution in [0.15, 0.2) is 49.3 Å². The van der Waals surface area contributed by atoms with E-state index in [2.05, 4.69) is 15.0 Å². The fraction of sp³-hybridized carbons (Fsp3) is 0.348. The highest BCUT2D eigenvalue weighted by Gasteiger charge is 2.25. The number of ether oxygens (including phenoxy) is 1. The third-order valence-corrected chi connectivity index (χ3v) is 5.11. The first-order valence-corrected chi connectivity index (χ1v) is 10.4. The van der Waals surface area contributed by atoms with E-state index in [1.54, 1.807) is 29.8 Å². The number of pyridine rings is 2. The Morgan fingerprint density at radius 3 is 2.61 bits per heavy atom. The molecular formula is C23H28N6O2. The first-order valence-electron chi connectivity index (χ1n) is 10.4. The second-order valence-corrected chi connectivity index (χ2v) is 8.52. The number of carbonyl (C=O) groups excluding carboxylic acids is 1. The molecule has 0 aliphatic heterocycles. The van der Waals surface area contributed by atoms with E-state index in [0.717, 1.165) is 32.9 Å². The Hall–Kier alpha value is -3.39. The monoisotopic (exact) mass is 420 g/mol. The predicted octanol–water partition coefficient (Wildman–Crippen LogP) is 3.53. The van der Waals surface area contributed by atoms with Gasteiger partial charge in [0.25, 0.3) is 0 Å². The van der Waals surface area contributed by atoms with Gasteiger partial charge in [-0.1, -0.05) is 0 Å². The largest absolute Gasteiger partial charge is 0.442 e. The number of aromatic amines is 1. The number of nitrogens with zero attached hydrogens (tertiary/aromatic N) is 4. The number of nitrogens with two attached hydrogens (primary N) is 1. The highest BCUT2D eigenvalue weighted by Crippen LogP contribution is 2.23. The lowest BCUT2D eigenvalue weighted by molar-refractivity contribution is 0.0541. The Morgan fingerprint density at radius 2 is 1.87 bits per heavy atom. The summed E-state index contributed by atoms with van der Waals surface area (Å²) in [6.45, 7) is 6.56. The molecule has 8 nitrogen and oxygen atoms in total. The zero-order valence-electron chi connectivity index (χ0n) is 18.1. The lowest BCUT2D eigenvalue weighted by atomic mass is 10.1. The van der Waals surface area contributed by atoms with Gasteiger partial charge in [-0.2, -0.15) is 0 Å². The van der Waals surface area contributed by atoms with Gasteiger partial charge in [0.2, 0.25) is 0 Å². The normalized spacial score (nSPS) is 11.9. The molecule has 0 saturated carbocycles. The lowest BCUT2D eigenvalue weighted by Gasteiger charge is -2.28. The molecule has 1 amide bonds. The van der Waals surface area contributed by atoms with Crippen LogP contribution in [0.25, 0.3) is 21.8 Å². The summed E-state index contributed by atoms with van der Waals surface area (Å²) in [5.41, 5.74) is 9.22. The van der Waals surface area contributed by atoms with E-state index >= 15 is 0 Å². The molecule has 0 atom stereocenters. The van der Waals surface area contributed by atoms with Crippen molar-refractivity contribution in [1.82, 2.24) is 19.6 Å². The van der Waals surface area contributed by atoms with Crippen molar-refractivity contribution in [2.45, 2.75) is 39.2 Å². The molecule has 8 heteroatoms. The van der Waals surface area contributed by atoms with Crippen LogP contribution in [-0.2, 0) is 17.6 Å². The summed E-state index contributed by atoms with van der Waals surface area (Å²) in [6.07, 6.45) is 12.0. The van der Waals surface area contributed by atoms with Crippen LogP contribution in [0.5, 0.6) is 0 Å². The lowest BCUT2D eigenvalue weighted by Crippen LogP contribution is -2.44. The molecule has 0 saturated heterocycles. The molecule has 0 fully saturated rings. The Labute approximate surface area is 181 Å². The fourth-order valence-electron chi connectivity index (χ4n) is 3.75. The first kappa shape index (κ1) is 20.9. The second kappa shape index (κ2) is 8.39. The van der Waals surface area contributed by atoms with Crippen LogP contribution < -0.4 is 10.7 Å². The van der Waals surface area contributed by atoms with Crippen molar-refractivity contribution in [2.24, 2.45) is 5.73 Å². The molecule has 4 heterocycles. The van der Waals surface area contributed by atoms with Crippen LogP contribution in [0.4, 0.5) is 4.79 Å². The summed E-state index contributed by atoms with van der Waals surface area (Å²) in [5.74, 6) is 0. The van der Waals surface area contributed by atoms with Crippen LogP contribution in [0.2, 0.25) is 0 Å². The Balaban J connectivity index is 1.71. The summed E-state index contributed by atoms with van der Waals surface area (Å²) >= 11 is 0. The maximum Gasteiger partial charge on any atom is 0.429 e. The second-order valence-electron chi connectivity index (χ2n) is 8.52. The number of H-pyrrole nitrogens is 1. The van der Waals surface area contributed by atoms with Crippen LogP contribution in [-0.4, -0.2) is 44.4 Å². The highest BCUT2D eigenvalue weighted by molar-refractivity contribution is 5.88. The van der Waals surface area contributed by atoms with Crippen molar-refractivity contribution >= 4 is 27.9 Å². The molecule has 0 radical (unpaired) electrons. The van der Waals surface area contributed by atoms with Gasteiger partial charge in [-0.05, 0) is 63.4 Å². The van der Waals surface area contributed by atoms with Crippen molar-refractivity contribution in [3.05, 3.63) is 60.4 Å². The molecule has 162 valence electrons. The van der Waals surface area contributed by atoms with Crippen LogP contribution >= 0.6 is 0 Å². The minimum atomic E-state index is -0.608. The minimum absolute atomic E-state index is 0.408. The maximum atomic E-state index is 13.2. The number of amides is 1. The van der Waals surface area contributed by atoms with Gasteiger partial charge in [0.1, 0.15) is 5.60 Å². The van der Waals surface area contributed by atoms with Crippen LogP contribution in [0, 0.1) is 0 Å². The van der Waals surface area contributed by atoms with E-state index in [0.29, 0.717) is 25.9 Å². The Bertz CT molecular complexity index is 1200. The van der Waals surface area contributed by atoms with Crippen molar-refractivity contribution in [2.75, 3.05) is 18.1 Å². The van der Waals surface area contributed by atoms with E-state index < -0.39 is 11.7 Å². The number of carbonyl (C=O) groups is 1. The predicted molar refractivity (Wildman–Crippen MR) is 122 cm³/mol. The molecule has 0 aromatic carbocycles. The van der Waals surface area contributed by atoms with Gasteiger partial charge in [-0.15, -0.1) is 0 Å². The van der Waals surface area contributed by atoms with Crippen molar-refractivity contribution < 1.29 is 9.53 Å². The minimum Gasteiger partial charge on any atom is -0.442 e. The molecule has 0 bridgehead atoms. The highest BCUT2D eigenvalue weighted by atomic mass is 16.6. The third kappa shape index (κ3) is 4.39. The Kier molecular flexibility index (Phi) is 5.65. The quantitative estimate of drug-likeness (QED) is 0.497. The smallest absolute Gasteiger partial charge is 0.429 e. The van der Waals surface area contributed by atoms with Crippen molar-refractivity contribution in [3.8, 4) is 0 Å². The van der Waals surface area contributed by atoms with Gasteiger partial charge in [0.05, 0.1) is 30.0 Å². The molecule has 3 N–H and O–H groups in total. The standard InChI is InChI=1S/C23H28N6O2/c1-23(2,3)31-22(30)28(11-7-16-12-27-20-13-25-9-5-18(16)20)29-15-17(4-8-24)19-6-10-26-14-21(19)29/h5-6,9-10,12-15,27H,4,7-8,11,24H2,1-3H3. The molecule has 31 heavy (non-hydrogen) atoms. The average Bonchev–Trinajstić information content (AvgIpc) is 3.30. The zero-order valence-corrected chi connectivity index (χ0v) is 18.1. The van der Waals surface area contributed by atoms with E-state index in [9.17, 15) is 4.79 Å². The fourth-order valence-corrected chi connectivity index (χ4v) is 3.75. The van der Waals surface area contributed by atoms with E-state index in [-0.39, 0.29) is 0 Å². The number of hydrogen-bond donors (Lipinski definition) is 2. The number of hydrogen-bond acceptors (Lipinski definition) is 5. The number of aromatic nitrogens is 4. The summed E-state index contributed by atoms with van der Waals surface area (Å²) in [5, 5.41) is 3.77. The van der Waals surface area contributed by atoms with Crippen LogP contribution in [0.1, 0.15) is 31.9 Å². The molecule has 0 spiro atoms. The zero-order chi connectivity index (χ0) is 22.0. The molecule has 4 rings (SSSR count).